The highest BCUT2D eigenvalue weighted by atomic mass is 16.5. The predicted molar refractivity (Wildman–Crippen MR) is 83.6 cm³/mol. The lowest BCUT2D eigenvalue weighted by Crippen LogP contribution is -2.61. The monoisotopic (exact) mass is 291 g/mol. The molecule has 1 amide bonds. The van der Waals surface area contributed by atoms with E-state index < -0.39 is 0 Å². The van der Waals surface area contributed by atoms with Gasteiger partial charge in [0.05, 0.1) is 17.4 Å². The average molecular weight is 291 g/mol. The molecule has 1 fully saturated rings. The van der Waals surface area contributed by atoms with Crippen LogP contribution in [0.3, 0.4) is 0 Å². The highest BCUT2D eigenvalue weighted by molar-refractivity contribution is 5.99. The molecule has 1 aliphatic carbocycles. The molecule has 2 unspecified atom stereocenters. The van der Waals surface area contributed by atoms with E-state index in [2.05, 4.69) is 29.5 Å². The van der Waals surface area contributed by atoms with Crippen LogP contribution in [0.15, 0.2) is 12.3 Å². The largest absolute Gasteiger partial charge is 0.385 e. The second-order valence-electron chi connectivity index (χ2n) is 6.21. The summed E-state index contributed by atoms with van der Waals surface area (Å²) >= 11 is 0. The molecular weight excluding hydrogens is 266 g/mol. The quantitative estimate of drug-likeness (QED) is 0.874. The molecule has 0 aromatic carbocycles. The fraction of sp³-hybridized carbons (Fsp3) is 0.625. The first-order valence-corrected chi connectivity index (χ1v) is 7.44. The first kappa shape index (κ1) is 15.8. The van der Waals surface area contributed by atoms with Crippen molar-refractivity contribution >= 4 is 11.6 Å². The zero-order valence-electron chi connectivity index (χ0n) is 13.5. The number of hydrogen-bond acceptors (Lipinski definition) is 4. The number of carbonyl (C=O) groups is 1. The Morgan fingerprint density at radius 2 is 2.24 bits per heavy atom. The molecule has 1 heterocycles. The van der Waals surface area contributed by atoms with Gasteiger partial charge in [0.1, 0.15) is 0 Å². The van der Waals surface area contributed by atoms with Crippen LogP contribution in [0.1, 0.15) is 43.2 Å². The van der Waals surface area contributed by atoms with E-state index in [0.29, 0.717) is 5.56 Å². The van der Waals surface area contributed by atoms with E-state index in [1.807, 2.05) is 19.9 Å². The first-order chi connectivity index (χ1) is 9.90. The maximum absolute atomic E-state index is 12.5. The number of nitrogens with one attached hydrogen (secondary N) is 2. The summed E-state index contributed by atoms with van der Waals surface area (Å²) in [6.07, 6.45) is 2.69. The van der Waals surface area contributed by atoms with Crippen LogP contribution in [0.4, 0.5) is 5.69 Å². The summed E-state index contributed by atoms with van der Waals surface area (Å²) in [7, 11) is 1.72. The summed E-state index contributed by atoms with van der Waals surface area (Å²) in [5.74, 6) is -0.0777. The molecule has 1 aromatic heterocycles. The minimum atomic E-state index is -0.0777. The van der Waals surface area contributed by atoms with Crippen LogP contribution in [0.2, 0.25) is 0 Å². The van der Waals surface area contributed by atoms with Crippen LogP contribution < -0.4 is 10.6 Å². The number of amides is 1. The van der Waals surface area contributed by atoms with E-state index in [1.54, 1.807) is 13.3 Å². The van der Waals surface area contributed by atoms with Gasteiger partial charge in [0.15, 0.2) is 0 Å². The fourth-order valence-electron chi connectivity index (χ4n) is 2.84. The van der Waals surface area contributed by atoms with Gasteiger partial charge in [-0.1, -0.05) is 13.8 Å². The summed E-state index contributed by atoms with van der Waals surface area (Å²) in [5, 5.41) is 6.33. The maximum atomic E-state index is 12.5. The van der Waals surface area contributed by atoms with Gasteiger partial charge in [0.2, 0.25) is 0 Å². The molecule has 0 spiro atoms. The van der Waals surface area contributed by atoms with Crippen molar-refractivity contribution in [3.05, 3.63) is 23.5 Å². The topological polar surface area (TPSA) is 63.2 Å². The van der Waals surface area contributed by atoms with Gasteiger partial charge in [-0.05, 0) is 26.3 Å². The van der Waals surface area contributed by atoms with Gasteiger partial charge in [-0.3, -0.25) is 9.78 Å². The van der Waals surface area contributed by atoms with E-state index >= 15 is 0 Å². The third-order valence-corrected chi connectivity index (χ3v) is 4.42. The van der Waals surface area contributed by atoms with Crippen molar-refractivity contribution in [2.75, 3.05) is 19.0 Å². The second-order valence-corrected chi connectivity index (χ2v) is 6.21. The zero-order chi connectivity index (χ0) is 15.6. The zero-order valence-corrected chi connectivity index (χ0v) is 13.5. The Bertz CT molecular complexity index is 528. The number of pyridine rings is 1. The Balaban J connectivity index is 2.11. The van der Waals surface area contributed by atoms with Gasteiger partial charge >= 0.3 is 0 Å². The number of ether oxygens (including phenoxy) is 1. The highest BCUT2D eigenvalue weighted by Gasteiger charge is 2.49. The molecule has 1 aromatic rings. The Kier molecular flexibility index (Phi) is 4.52. The van der Waals surface area contributed by atoms with E-state index in [-0.39, 0.29) is 23.5 Å². The molecule has 21 heavy (non-hydrogen) atoms. The van der Waals surface area contributed by atoms with Crippen molar-refractivity contribution in [3.63, 3.8) is 0 Å². The molecule has 0 bridgehead atoms. The average Bonchev–Trinajstić information content (AvgIpc) is 2.43. The molecule has 0 radical (unpaired) electrons. The van der Waals surface area contributed by atoms with Gasteiger partial charge < -0.3 is 15.4 Å². The number of nitrogens with zero attached hydrogens (tertiary/aromatic N) is 1. The number of carbonyl (C=O) groups excluding carboxylic acids is 1. The van der Waals surface area contributed by atoms with Gasteiger partial charge in [0.25, 0.3) is 5.91 Å². The van der Waals surface area contributed by atoms with E-state index in [0.717, 1.165) is 24.3 Å². The van der Waals surface area contributed by atoms with Crippen LogP contribution >= 0.6 is 0 Å². The third kappa shape index (κ3) is 3.02. The van der Waals surface area contributed by atoms with Gasteiger partial charge in [-0.2, -0.15) is 0 Å². The van der Waals surface area contributed by atoms with E-state index in [1.165, 1.54) is 0 Å². The van der Waals surface area contributed by atoms with Crippen LogP contribution in [0, 0.1) is 12.3 Å². The Morgan fingerprint density at radius 1 is 1.52 bits per heavy atom. The lowest BCUT2D eigenvalue weighted by atomic mass is 9.64. The van der Waals surface area contributed by atoms with Gasteiger partial charge in [0, 0.05) is 37.0 Å². The Hall–Kier alpha value is -1.62. The molecule has 2 atom stereocenters. The number of anilines is 1. The number of aromatic nitrogens is 1. The molecule has 1 saturated carbocycles. The summed E-state index contributed by atoms with van der Waals surface area (Å²) in [5.41, 5.74) is 2.29. The summed E-state index contributed by atoms with van der Waals surface area (Å²) < 4.78 is 5.42. The minimum Gasteiger partial charge on any atom is -0.385 e. The number of hydrogen-bond donors (Lipinski definition) is 2. The van der Waals surface area contributed by atoms with Crippen molar-refractivity contribution in [1.29, 1.82) is 0 Å². The smallest absolute Gasteiger partial charge is 0.255 e. The van der Waals surface area contributed by atoms with Crippen LogP contribution in [0.5, 0.6) is 0 Å². The molecule has 1 aliphatic rings. The molecule has 5 heteroatoms. The lowest BCUT2D eigenvalue weighted by Gasteiger charge is -2.51. The normalized spacial score (nSPS) is 23.3. The summed E-state index contributed by atoms with van der Waals surface area (Å²) in [6, 6.07) is 2.04. The minimum absolute atomic E-state index is 0.0408. The molecule has 0 aliphatic heterocycles. The van der Waals surface area contributed by atoms with Crippen molar-refractivity contribution in [2.24, 2.45) is 5.41 Å². The summed E-state index contributed by atoms with van der Waals surface area (Å²) in [4.78, 5) is 16.7. The van der Waals surface area contributed by atoms with Crippen molar-refractivity contribution in [2.45, 2.75) is 46.3 Å². The predicted octanol–water partition coefficient (Wildman–Crippen LogP) is 2.37. The Morgan fingerprint density at radius 3 is 2.81 bits per heavy atom. The molecule has 2 rings (SSSR count). The maximum Gasteiger partial charge on any atom is 0.255 e. The number of methoxy groups -OCH3 is 1. The fourth-order valence-corrected chi connectivity index (χ4v) is 2.84. The Labute approximate surface area is 126 Å². The van der Waals surface area contributed by atoms with Crippen molar-refractivity contribution in [1.82, 2.24) is 10.3 Å². The van der Waals surface area contributed by atoms with Crippen molar-refractivity contribution < 1.29 is 9.53 Å². The van der Waals surface area contributed by atoms with E-state index in [4.69, 9.17) is 4.74 Å². The van der Waals surface area contributed by atoms with Crippen LogP contribution in [-0.2, 0) is 4.74 Å². The van der Waals surface area contributed by atoms with Crippen LogP contribution in [-0.4, -0.2) is 36.7 Å². The lowest BCUT2D eigenvalue weighted by molar-refractivity contribution is -0.0942. The molecular formula is C16H25N3O2. The standard InChI is InChI=1S/C16H25N3O2/c1-6-17-12-7-10(2)18-9-11(12)15(20)19-13-8-14(21-5)16(13,3)4/h7,9,13-14H,6,8H2,1-5H3,(H,17,18)(H,19,20). The molecule has 2 N–H and O–H groups in total. The molecule has 116 valence electrons. The third-order valence-electron chi connectivity index (χ3n) is 4.42. The highest BCUT2D eigenvalue weighted by Crippen LogP contribution is 2.42. The second kappa shape index (κ2) is 6.02. The number of rotatable bonds is 5. The van der Waals surface area contributed by atoms with E-state index in [9.17, 15) is 4.79 Å². The SMILES string of the molecule is CCNc1cc(C)ncc1C(=O)NC1CC(OC)C1(C)C. The van der Waals surface area contributed by atoms with Gasteiger partial charge in [-0.25, -0.2) is 0 Å². The van der Waals surface area contributed by atoms with Crippen LogP contribution in [0.25, 0.3) is 0 Å². The van der Waals surface area contributed by atoms with Gasteiger partial charge in [-0.15, -0.1) is 0 Å². The molecule has 5 nitrogen and oxygen atoms in total. The number of aryl methyl sites for hydroxylation is 1. The molecule has 0 saturated heterocycles. The van der Waals surface area contributed by atoms with Crippen molar-refractivity contribution in [3.8, 4) is 0 Å². The first-order valence-electron chi connectivity index (χ1n) is 7.44. The summed E-state index contributed by atoms with van der Waals surface area (Å²) in [6.45, 7) is 8.93.